The van der Waals surface area contributed by atoms with Gasteiger partial charge in [-0.25, -0.2) is 4.79 Å². The summed E-state index contributed by atoms with van der Waals surface area (Å²) in [5, 5.41) is 3.06. The van der Waals surface area contributed by atoms with Gasteiger partial charge in [0, 0.05) is 11.0 Å². The second-order valence-corrected chi connectivity index (χ2v) is 6.34. The highest BCUT2D eigenvalue weighted by molar-refractivity contribution is 6.35. The molecule has 1 aromatic rings. The number of esters is 1. The van der Waals surface area contributed by atoms with Crippen molar-refractivity contribution >= 4 is 35.2 Å². The van der Waals surface area contributed by atoms with Gasteiger partial charge >= 0.3 is 5.97 Å². The molecule has 6 heteroatoms. The predicted octanol–water partition coefficient (Wildman–Crippen LogP) is 3.52. The SMILES string of the molecule is COC(=O)c1cc(Cl)c(NC(=O)C(C)(C)C)c2c1OCC=C2. The molecule has 1 N–H and O–H groups in total. The second-order valence-electron chi connectivity index (χ2n) is 5.93. The van der Waals surface area contributed by atoms with Crippen molar-refractivity contribution in [3.63, 3.8) is 0 Å². The highest BCUT2D eigenvalue weighted by Crippen LogP contribution is 2.40. The molecule has 22 heavy (non-hydrogen) atoms. The fraction of sp³-hybridized carbons (Fsp3) is 0.375. The molecule has 0 bridgehead atoms. The van der Waals surface area contributed by atoms with E-state index in [1.54, 1.807) is 32.9 Å². The highest BCUT2D eigenvalue weighted by atomic mass is 35.5. The Morgan fingerprint density at radius 2 is 2.05 bits per heavy atom. The summed E-state index contributed by atoms with van der Waals surface area (Å²) in [6, 6.07) is 1.45. The van der Waals surface area contributed by atoms with Gasteiger partial charge in [-0.1, -0.05) is 32.4 Å². The van der Waals surface area contributed by atoms with E-state index in [2.05, 4.69) is 5.32 Å². The zero-order valence-corrected chi connectivity index (χ0v) is 13.7. The van der Waals surface area contributed by atoms with Gasteiger partial charge in [0.1, 0.15) is 17.9 Å². The molecule has 1 aliphatic rings. The van der Waals surface area contributed by atoms with Crippen LogP contribution in [0.3, 0.4) is 0 Å². The molecular formula is C16H18ClNO4. The van der Waals surface area contributed by atoms with Crippen molar-refractivity contribution in [3.8, 4) is 5.75 Å². The van der Waals surface area contributed by atoms with Crippen molar-refractivity contribution < 1.29 is 19.1 Å². The summed E-state index contributed by atoms with van der Waals surface area (Å²) in [5.41, 5.74) is 0.661. The van der Waals surface area contributed by atoms with Gasteiger partial charge in [0.25, 0.3) is 0 Å². The van der Waals surface area contributed by atoms with E-state index < -0.39 is 11.4 Å². The van der Waals surface area contributed by atoms with E-state index in [-0.39, 0.29) is 16.5 Å². The van der Waals surface area contributed by atoms with Crippen LogP contribution in [0.1, 0.15) is 36.7 Å². The average molecular weight is 324 g/mol. The Morgan fingerprint density at radius 1 is 1.36 bits per heavy atom. The standard InChI is InChI=1S/C16H18ClNO4/c1-16(2,3)15(20)18-12-9-6-5-7-22-13(9)10(8-11(12)17)14(19)21-4/h5-6,8H,7H2,1-4H3,(H,18,20). The summed E-state index contributed by atoms with van der Waals surface area (Å²) >= 11 is 6.25. The Morgan fingerprint density at radius 3 is 2.64 bits per heavy atom. The predicted molar refractivity (Wildman–Crippen MR) is 85.4 cm³/mol. The van der Waals surface area contributed by atoms with Gasteiger partial charge in [-0.3, -0.25) is 4.79 Å². The summed E-state index contributed by atoms with van der Waals surface area (Å²) in [7, 11) is 1.29. The maximum Gasteiger partial charge on any atom is 0.341 e. The molecule has 1 amide bonds. The van der Waals surface area contributed by atoms with Crippen LogP contribution in [-0.4, -0.2) is 25.6 Å². The molecular weight excluding hydrogens is 306 g/mol. The fourth-order valence-electron chi connectivity index (χ4n) is 1.95. The normalized spacial score (nSPS) is 13.1. The lowest BCUT2D eigenvalue weighted by Gasteiger charge is -2.23. The van der Waals surface area contributed by atoms with E-state index in [1.807, 2.05) is 0 Å². The van der Waals surface area contributed by atoms with Gasteiger partial charge in [0.15, 0.2) is 0 Å². The first kappa shape index (κ1) is 16.4. The zero-order chi connectivity index (χ0) is 16.5. The number of anilines is 1. The van der Waals surface area contributed by atoms with Crippen molar-refractivity contribution in [2.45, 2.75) is 20.8 Å². The van der Waals surface area contributed by atoms with Crippen LogP contribution in [-0.2, 0) is 9.53 Å². The molecule has 2 rings (SSSR count). The van der Waals surface area contributed by atoms with E-state index in [9.17, 15) is 9.59 Å². The Labute approximate surface area is 134 Å². The second kappa shape index (κ2) is 6.01. The Balaban J connectivity index is 2.55. The van der Waals surface area contributed by atoms with Crippen LogP contribution < -0.4 is 10.1 Å². The van der Waals surface area contributed by atoms with Gasteiger partial charge in [0.05, 0.1) is 17.8 Å². The third-order valence-electron chi connectivity index (χ3n) is 3.20. The minimum atomic E-state index is -0.573. The molecule has 0 radical (unpaired) electrons. The summed E-state index contributed by atoms with van der Waals surface area (Å²) in [6.07, 6.45) is 3.56. The minimum absolute atomic E-state index is 0.179. The number of nitrogens with one attached hydrogen (secondary N) is 1. The highest BCUT2D eigenvalue weighted by Gasteiger charge is 2.27. The minimum Gasteiger partial charge on any atom is -0.488 e. The Bertz CT molecular complexity index is 659. The van der Waals surface area contributed by atoms with Gasteiger partial charge < -0.3 is 14.8 Å². The largest absolute Gasteiger partial charge is 0.488 e. The van der Waals surface area contributed by atoms with Crippen molar-refractivity contribution in [2.75, 3.05) is 19.0 Å². The van der Waals surface area contributed by atoms with Crippen molar-refractivity contribution in [2.24, 2.45) is 5.41 Å². The summed E-state index contributed by atoms with van der Waals surface area (Å²) in [4.78, 5) is 24.1. The summed E-state index contributed by atoms with van der Waals surface area (Å²) < 4.78 is 10.3. The van der Waals surface area contributed by atoms with E-state index in [1.165, 1.54) is 13.2 Å². The first-order valence-electron chi connectivity index (χ1n) is 6.81. The molecule has 1 aromatic carbocycles. The lowest BCUT2D eigenvalue weighted by atomic mass is 9.95. The monoisotopic (exact) mass is 323 g/mol. The van der Waals surface area contributed by atoms with E-state index in [0.717, 1.165) is 0 Å². The van der Waals surface area contributed by atoms with E-state index in [0.29, 0.717) is 23.6 Å². The van der Waals surface area contributed by atoms with Crippen LogP contribution in [0, 0.1) is 5.41 Å². The fourth-order valence-corrected chi connectivity index (χ4v) is 2.21. The zero-order valence-electron chi connectivity index (χ0n) is 13.0. The number of carbonyl (C=O) groups excluding carboxylic acids is 2. The van der Waals surface area contributed by atoms with Crippen LogP contribution in [0.5, 0.6) is 5.75 Å². The number of amides is 1. The van der Waals surface area contributed by atoms with Crippen molar-refractivity contribution in [3.05, 3.63) is 28.3 Å². The summed E-state index contributed by atoms with van der Waals surface area (Å²) in [5.74, 6) is -0.355. The maximum absolute atomic E-state index is 12.2. The van der Waals surface area contributed by atoms with Crippen LogP contribution in [0.25, 0.3) is 6.08 Å². The number of halogens is 1. The number of fused-ring (bicyclic) bond motifs is 1. The smallest absolute Gasteiger partial charge is 0.341 e. The number of ether oxygens (including phenoxy) is 2. The molecule has 1 aliphatic heterocycles. The molecule has 118 valence electrons. The van der Waals surface area contributed by atoms with Crippen LogP contribution in [0.2, 0.25) is 5.02 Å². The van der Waals surface area contributed by atoms with E-state index in [4.69, 9.17) is 21.1 Å². The molecule has 0 unspecified atom stereocenters. The number of methoxy groups -OCH3 is 1. The summed E-state index contributed by atoms with van der Waals surface area (Å²) in [6.45, 7) is 5.75. The lowest BCUT2D eigenvalue weighted by Crippen LogP contribution is -2.28. The molecule has 0 saturated carbocycles. The van der Waals surface area contributed by atoms with Crippen LogP contribution >= 0.6 is 11.6 Å². The molecule has 0 saturated heterocycles. The Kier molecular flexibility index (Phi) is 4.47. The number of rotatable bonds is 2. The third-order valence-corrected chi connectivity index (χ3v) is 3.50. The average Bonchev–Trinajstić information content (AvgIpc) is 2.47. The molecule has 0 fully saturated rings. The quantitative estimate of drug-likeness (QED) is 0.846. The third kappa shape index (κ3) is 3.09. The lowest BCUT2D eigenvalue weighted by molar-refractivity contribution is -0.123. The molecule has 0 atom stereocenters. The molecule has 0 aliphatic carbocycles. The van der Waals surface area contributed by atoms with Crippen molar-refractivity contribution in [1.82, 2.24) is 0 Å². The number of carbonyl (C=O) groups is 2. The van der Waals surface area contributed by atoms with Crippen LogP contribution in [0.15, 0.2) is 12.1 Å². The van der Waals surface area contributed by atoms with Crippen molar-refractivity contribution in [1.29, 1.82) is 0 Å². The molecule has 1 heterocycles. The first-order valence-corrected chi connectivity index (χ1v) is 7.19. The van der Waals surface area contributed by atoms with E-state index >= 15 is 0 Å². The van der Waals surface area contributed by atoms with Gasteiger partial charge in [-0.05, 0) is 18.2 Å². The number of hydrogen-bond acceptors (Lipinski definition) is 4. The Hall–Kier alpha value is -2.01. The number of hydrogen-bond donors (Lipinski definition) is 1. The molecule has 0 spiro atoms. The number of benzene rings is 1. The van der Waals surface area contributed by atoms with Gasteiger partial charge in [-0.2, -0.15) is 0 Å². The van der Waals surface area contributed by atoms with Gasteiger partial charge in [0.2, 0.25) is 5.91 Å². The van der Waals surface area contributed by atoms with Crippen LogP contribution in [0.4, 0.5) is 5.69 Å². The topological polar surface area (TPSA) is 64.6 Å². The first-order chi connectivity index (χ1) is 10.3. The molecule has 5 nitrogen and oxygen atoms in total. The maximum atomic E-state index is 12.2. The molecule has 0 aromatic heterocycles. The van der Waals surface area contributed by atoms with Gasteiger partial charge in [-0.15, -0.1) is 0 Å².